The van der Waals surface area contributed by atoms with Gasteiger partial charge in [0, 0.05) is 39.6 Å². The van der Waals surface area contributed by atoms with E-state index < -0.39 is 0 Å². The second-order valence-corrected chi connectivity index (χ2v) is 7.47. The third-order valence-corrected chi connectivity index (χ3v) is 5.54. The topological polar surface area (TPSA) is 45.7 Å². The normalized spacial score (nSPS) is 15.3. The van der Waals surface area contributed by atoms with Gasteiger partial charge in [-0.1, -0.05) is 35.6 Å². The van der Waals surface area contributed by atoms with E-state index in [1.54, 1.807) is 18.3 Å². The highest BCUT2D eigenvalue weighted by Crippen LogP contribution is 2.31. The van der Waals surface area contributed by atoms with Crippen LogP contribution in [0.15, 0.2) is 48.5 Å². The molecule has 0 aliphatic carbocycles. The molecular weight excluding hydrogens is 346 g/mol. The zero-order valence-electron chi connectivity index (χ0n) is 14.7. The van der Waals surface area contributed by atoms with Crippen LogP contribution in [0.25, 0.3) is 10.2 Å². The number of fused-ring (bicyclic) bond motifs is 1. The summed E-state index contributed by atoms with van der Waals surface area (Å²) in [5.74, 6) is 0.968. The second kappa shape index (κ2) is 7.43. The maximum atomic E-state index is 11.4. The first-order valence-electron chi connectivity index (χ1n) is 8.77. The lowest BCUT2D eigenvalue weighted by atomic mass is 10.2. The van der Waals surface area contributed by atoms with Crippen molar-refractivity contribution in [3.63, 3.8) is 0 Å². The molecule has 1 saturated heterocycles. The van der Waals surface area contributed by atoms with Crippen LogP contribution in [0.5, 0.6) is 10.9 Å². The van der Waals surface area contributed by atoms with Gasteiger partial charge in [0.25, 0.3) is 5.19 Å². The van der Waals surface area contributed by atoms with Gasteiger partial charge in [-0.25, -0.2) is 4.98 Å². The Kier molecular flexibility index (Phi) is 4.86. The van der Waals surface area contributed by atoms with E-state index in [0.29, 0.717) is 5.19 Å². The van der Waals surface area contributed by atoms with Crippen molar-refractivity contribution >= 4 is 27.5 Å². The molecule has 0 spiro atoms. The molecule has 0 radical (unpaired) electrons. The molecule has 2 aromatic carbocycles. The van der Waals surface area contributed by atoms with Gasteiger partial charge in [0.05, 0.1) is 10.2 Å². The quantitative estimate of drug-likeness (QED) is 0.704. The average Bonchev–Trinajstić information content (AvgIpc) is 3.06. The molecule has 2 heterocycles. The van der Waals surface area contributed by atoms with Gasteiger partial charge in [-0.15, -0.1) is 0 Å². The first-order valence-corrected chi connectivity index (χ1v) is 9.59. The molecule has 6 heteroatoms. The van der Waals surface area contributed by atoms with Crippen LogP contribution < -0.4 is 4.74 Å². The Balaban J connectivity index is 1.35. The fourth-order valence-electron chi connectivity index (χ4n) is 3.14. The molecule has 1 fully saturated rings. The highest BCUT2D eigenvalue weighted by Gasteiger charge is 2.18. The van der Waals surface area contributed by atoms with Crippen molar-refractivity contribution in [3.8, 4) is 10.9 Å². The van der Waals surface area contributed by atoms with E-state index in [1.165, 1.54) is 5.56 Å². The molecular formula is C20H21N3O2S. The molecule has 0 atom stereocenters. The number of piperazine rings is 1. The van der Waals surface area contributed by atoms with Crippen LogP contribution in [0.1, 0.15) is 12.5 Å². The molecule has 3 aromatic rings. The number of rotatable bonds is 4. The lowest BCUT2D eigenvalue weighted by molar-refractivity contribution is -0.130. The predicted octanol–water partition coefficient (Wildman–Crippen LogP) is 3.75. The SMILES string of the molecule is CC(=O)N1CCN(Cc2ccc(Oc3nc4ccccc4s3)cc2)CC1. The van der Waals surface area contributed by atoms with Gasteiger partial charge in [-0.2, -0.15) is 0 Å². The smallest absolute Gasteiger partial charge is 0.279 e. The van der Waals surface area contributed by atoms with Crippen molar-refractivity contribution in [2.24, 2.45) is 0 Å². The van der Waals surface area contributed by atoms with Gasteiger partial charge < -0.3 is 9.64 Å². The maximum absolute atomic E-state index is 11.4. The molecule has 0 bridgehead atoms. The van der Waals surface area contributed by atoms with Crippen LogP contribution in [-0.2, 0) is 11.3 Å². The highest BCUT2D eigenvalue weighted by molar-refractivity contribution is 7.20. The van der Waals surface area contributed by atoms with Gasteiger partial charge >= 0.3 is 0 Å². The number of thiazole rings is 1. The standard InChI is InChI=1S/C20H21N3O2S/c1-15(24)23-12-10-22(11-13-23)14-16-6-8-17(9-7-16)25-20-21-18-4-2-3-5-19(18)26-20/h2-9H,10-14H2,1H3. The fraction of sp³-hybridized carbons (Fsp3) is 0.300. The molecule has 0 saturated carbocycles. The van der Waals surface area contributed by atoms with Crippen LogP contribution in [0.3, 0.4) is 0 Å². The van der Waals surface area contributed by atoms with Gasteiger partial charge in [0.1, 0.15) is 5.75 Å². The minimum Gasteiger partial charge on any atom is -0.431 e. The Hall–Kier alpha value is -2.44. The van der Waals surface area contributed by atoms with Crippen molar-refractivity contribution in [2.45, 2.75) is 13.5 Å². The Morgan fingerprint density at radius 1 is 1.08 bits per heavy atom. The molecule has 1 aromatic heterocycles. The predicted molar refractivity (Wildman–Crippen MR) is 104 cm³/mol. The van der Waals surface area contributed by atoms with Crippen molar-refractivity contribution in [1.29, 1.82) is 0 Å². The van der Waals surface area contributed by atoms with Crippen LogP contribution in [0.2, 0.25) is 0 Å². The Labute approximate surface area is 156 Å². The number of aromatic nitrogens is 1. The van der Waals surface area contributed by atoms with Gasteiger partial charge in [0.15, 0.2) is 0 Å². The molecule has 4 rings (SSSR count). The molecule has 1 amide bonds. The number of amides is 1. The number of carbonyl (C=O) groups excluding carboxylic acids is 1. The molecule has 1 aliphatic rings. The second-order valence-electron chi connectivity index (χ2n) is 6.48. The third-order valence-electron chi connectivity index (χ3n) is 4.63. The summed E-state index contributed by atoms with van der Waals surface area (Å²) >= 11 is 1.55. The van der Waals surface area contributed by atoms with E-state index in [-0.39, 0.29) is 5.91 Å². The van der Waals surface area contributed by atoms with E-state index in [9.17, 15) is 4.79 Å². The van der Waals surface area contributed by atoms with E-state index in [0.717, 1.165) is 48.7 Å². The minimum atomic E-state index is 0.168. The number of hydrogen-bond acceptors (Lipinski definition) is 5. The van der Waals surface area contributed by atoms with Crippen molar-refractivity contribution in [3.05, 3.63) is 54.1 Å². The Bertz CT molecular complexity index is 866. The van der Waals surface area contributed by atoms with Crippen LogP contribution in [0.4, 0.5) is 0 Å². The molecule has 26 heavy (non-hydrogen) atoms. The molecule has 134 valence electrons. The number of ether oxygens (including phenoxy) is 1. The van der Waals surface area contributed by atoms with E-state index in [1.807, 2.05) is 35.2 Å². The number of hydrogen-bond donors (Lipinski definition) is 0. The number of nitrogens with zero attached hydrogens (tertiary/aromatic N) is 3. The zero-order valence-corrected chi connectivity index (χ0v) is 15.5. The lowest BCUT2D eigenvalue weighted by Gasteiger charge is -2.34. The monoisotopic (exact) mass is 367 g/mol. The largest absolute Gasteiger partial charge is 0.431 e. The summed E-state index contributed by atoms with van der Waals surface area (Å²) in [6, 6.07) is 16.2. The van der Waals surface area contributed by atoms with Crippen LogP contribution in [0, 0.1) is 0 Å². The van der Waals surface area contributed by atoms with Crippen LogP contribution >= 0.6 is 11.3 Å². The summed E-state index contributed by atoms with van der Waals surface area (Å²) in [7, 11) is 0. The van der Waals surface area contributed by atoms with Gasteiger partial charge in [-0.3, -0.25) is 9.69 Å². The Morgan fingerprint density at radius 3 is 2.50 bits per heavy atom. The fourth-order valence-corrected chi connectivity index (χ4v) is 3.97. The molecule has 0 N–H and O–H groups in total. The molecule has 0 unspecified atom stereocenters. The van der Waals surface area contributed by atoms with Gasteiger partial charge in [0.2, 0.25) is 5.91 Å². The summed E-state index contributed by atoms with van der Waals surface area (Å²) in [6.07, 6.45) is 0. The summed E-state index contributed by atoms with van der Waals surface area (Å²) in [5, 5.41) is 0.666. The van der Waals surface area contributed by atoms with Crippen LogP contribution in [-0.4, -0.2) is 46.9 Å². The summed E-state index contributed by atoms with van der Waals surface area (Å²) in [4.78, 5) is 20.2. The third kappa shape index (κ3) is 3.86. The number of carbonyl (C=O) groups is 1. The summed E-state index contributed by atoms with van der Waals surface area (Å²) in [5.41, 5.74) is 2.21. The van der Waals surface area contributed by atoms with E-state index in [4.69, 9.17) is 4.74 Å². The highest BCUT2D eigenvalue weighted by atomic mass is 32.1. The van der Waals surface area contributed by atoms with Crippen molar-refractivity contribution < 1.29 is 9.53 Å². The van der Waals surface area contributed by atoms with E-state index in [2.05, 4.69) is 28.1 Å². The number of benzene rings is 2. The van der Waals surface area contributed by atoms with E-state index >= 15 is 0 Å². The zero-order chi connectivity index (χ0) is 17.9. The Morgan fingerprint density at radius 2 is 1.81 bits per heavy atom. The van der Waals surface area contributed by atoms with Gasteiger partial charge in [-0.05, 0) is 29.8 Å². The molecule has 5 nitrogen and oxygen atoms in total. The maximum Gasteiger partial charge on any atom is 0.279 e. The molecule has 1 aliphatic heterocycles. The average molecular weight is 367 g/mol. The number of para-hydroxylation sites is 1. The van der Waals surface area contributed by atoms with Crippen molar-refractivity contribution in [2.75, 3.05) is 26.2 Å². The first kappa shape index (κ1) is 17.0. The lowest BCUT2D eigenvalue weighted by Crippen LogP contribution is -2.47. The first-order chi connectivity index (χ1) is 12.7. The minimum absolute atomic E-state index is 0.168. The van der Waals surface area contributed by atoms with Crippen molar-refractivity contribution in [1.82, 2.24) is 14.8 Å². The summed E-state index contributed by atoms with van der Waals surface area (Å²) in [6.45, 7) is 6.00. The summed E-state index contributed by atoms with van der Waals surface area (Å²) < 4.78 is 7.03.